The van der Waals surface area contributed by atoms with Crippen molar-refractivity contribution >= 4 is 28.2 Å². The van der Waals surface area contributed by atoms with E-state index in [1.54, 1.807) is 19.2 Å². The van der Waals surface area contributed by atoms with Gasteiger partial charge in [0.2, 0.25) is 0 Å². The molecule has 2 aromatic rings. The number of anilines is 2. The van der Waals surface area contributed by atoms with Gasteiger partial charge in [-0.1, -0.05) is 6.07 Å². The number of ether oxygens (including phenoxy) is 3. The number of likely N-dealkylation sites (tertiary alicyclic amines) is 1. The van der Waals surface area contributed by atoms with Gasteiger partial charge in [-0.05, 0) is 74.1 Å². The highest BCUT2D eigenvalue weighted by Gasteiger charge is 2.20. The lowest BCUT2D eigenvalue weighted by molar-refractivity contribution is 0.0601. The lowest BCUT2D eigenvalue weighted by Crippen LogP contribution is -2.21. The molecule has 0 saturated carbocycles. The Kier molecular flexibility index (Phi) is 6.31. The number of carbonyl (C=O) groups excluding carboxylic acids is 1. The first-order chi connectivity index (χ1) is 16.7. The summed E-state index contributed by atoms with van der Waals surface area (Å²) >= 11 is 0. The molecule has 3 N–H and O–H groups in total. The van der Waals surface area contributed by atoms with E-state index in [9.17, 15) is 4.79 Å². The first kappa shape index (κ1) is 22.2. The zero-order valence-corrected chi connectivity index (χ0v) is 19.6. The van der Waals surface area contributed by atoms with Gasteiger partial charge in [0.05, 0.1) is 32.1 Å². The van der Waals surface area contributed by atoms with Gasteiger partial charge in [0.1, 0.15) is 5.82 Å². The van der Waals surface area contributed by atoms with E-state index in [0.29, 0.717) is 12.2 Å². The predicted octanol–water partition coefficient (Wildman–Crippen LogP) is 5.00. The Balaban J connectivity index is 1.35. The largest absolute Gasteiger partial charge is 0.493 e. The number of nitrogens with zero attached hydrogens (tertiary/aromatic N) is 1. The minimum absolute atomic E-state index is 0.369. The third kappa shape index (κ3) is 4.41. The summed E-state index contributed by atoms with van der Waals surface area (Å²) in [7, 11) is 3.04. The second kappa shape index (κ2) is 9.69. The van der Waals surface area contributed by atoms with E-state index in [2.05, 4.69) is 26.5 Å². The molecule has 0 bridgehead atoms. The summed E-state index contributed by atoms with van der Waals surface area (Å²) in [5.74, 6) is 1.91. The molecule has 2 aromatic carbocycles. The summed E-state index contributed by atoms with van der Waals surface area (Å²) in [5, 5.41) is 11.9. The SMILES string of the molecule is COC(=O)c1cccc(Nc2[nH][nH]c3c4cc(OC)c(OCCCN5CCCC5)cc4cc2-3)c1. The van der Waals surface area contributed by atoms with Crippen molar-refractivity contribution in [2.75, 3.05) is 45.8 Å². The van der Waals surface area contributed by atoms with Gasteiger partial charge in [-0.3, -0.25) is 10.2 Å². The van der Waals surface area contributed by atoms with E-state index < -0.39 is 0 Å². The van der Waals surface area contributed by atoms with Crippen LogP contribution in [0.1, 0.15) is 29.6 Å². The Bertz CT molecular complexity index is 1260. The Morgan fingerprint density at radius 2 is 1.91 bits per heavy atom. The molecule has 0 atom stereocenters. The number of methoxy groups -OCH3 is 2. The fourth-order valence-corrected chi connectivity index (χ4v) is 4.64. The summed E-state index contributed by atoms with van der Waals surface area (Å²) in [6.07, 6.45) is 3.61. The van der Waals surface area contributed by atoms with Gasteiger partial charge < -0.3 is 24.4 Å². The van der Waals surface area contributed by atoms with Crippen molar-refractivity contribution in [2.45, 2.75) is 19.3 Å². The van der Waals surface area contributed by atoms with Gasteiger partial charge in [-0.25, -0.2) is 4.79 Å². The molecule has 0 amide bonds. The monoisotopic (exact) mass is 462 g/mol. The smallest absolute Gasteiger partial charge is 0.337 e. The minimum Gasteiger partial charge on any atom is -0.493 e. The first-order valence-corrected chi connectivity index (χ1v) is 11.7. The molecule has 0 spiro atoms. The number of carbonyl (C=O) groups is 1. The van der Waals surface area contributed by atoms with Gasteiger partial charge >= 0.3 is 5.97 Å². The molecule has 0 aromatic heterocycles. The standard InChI is InChI=1S/C26H30N4O4/c1-32-22-16-20-18(15-23(22)34-12-6-11-30-9-3-4-10-30)14-21-24(20)28-29-25(21)27-19-8-5-7-17(13-19)26(31)33-2/h5,7-8,13-16,27-29H,3-4,6,9-12H2,1-2H3. The summed E-state index contributed by atoms with van der Waals surface area (Å²) in [5.41, 5.74) is 3.25. The maximum Gasteiger partial charge on any atom is 0.337 e. The topological polar surface area (TPSA) is 91.6 Å². The summed E-state index contributed by atoms with van der Waals surface area (Å²) in [4.78, 5) is 14.4. The first-order valence-electron chi connectivity index (χ1n) is 11.7. The molecule has 0 unspecified atom stereocenters. The zero-order chi connectivity index (χ0) is 23.5. The third-order valence-electron chi connectivity index (χ3n) is 6.38. The molecule has 3 aliphatic rings. The average molecular weight is 463 g/mol. The fourth-order valence-electron chi connectivity index (χ4n) is 4.64. The number of benzene rings is 2. The van der Waals surface area contributed by atoms with Gasteiger partial charge in [0.25, 0.3) is 0 Å². The number of H-pyrrole nitrogens is 2. The second-order valence-corrected chi connectivity index (χ2v) is 8.60. The number of aromatic amines is 2. The van der Waals surface area contributed by atoms with Crippen LogP contribution < -0.4 is 14.8 Å². The van der Waals surface area contributed by atoms with Crippen molar-refractivity contribution in [2.24, 2.45) is 0 Å². The molecule has 1 saturated heterocycles. The maximum absolute atomic E-state index is 11.9. The second-order valence-electron chi connectivity index (χ2n) is 8.60. The van der Waals surface area contributed by atoms with Crippen molar-refractivity contribution < 1.29 is 19.0 Å². The normalized spacial score (nSPS) is 14.1. The van der Waals surface area contributed by atoms with E-state index in [4.69, 9.17) is 14.2 Å². The molecule has 34 heavy (non-hydrogen) atoms. The lowest BCUT2D eigenvalue weighted by Gasteiger charge is -2.15. The Morgan fingerprint density at radius 1 is 1.06 bits per heavy atom. The van der Waals surface area contributed by atoms with Crippen molar-refractivity contribution in [3.8, 4) is 22.8 Å². The molecule has 8 heteroatoms. The van der Waals surface area contributed by atoms with Crippen LogP contribution in [0.2, 0.25) is 0 Å². The number of aromatic nitrogens is 2. The van der Waals surface area contributed by atoms with Crippen molar-refractivity contribution in [3.05, 3.63) is 48.0 Å². The van der Waals surface area contributed by atoms with E-state index >= 15 is 0 Å². The Morgan fingerprint density at radius 3 is 2.71 bits per heavy atom. The highest BCUT2D eigenvalue weighted by molar-refractivity contribution is 6.05. The van der Waals surface area contributed by atoms with Crippen LogP contribution in [0.5, 0.6) is 11.5 Å². The molecule has 178 valence electrons. The average Bonchev–Trinajstić information content (AvgIpc) is 3.59. The highest BCUT2D eigenvalue weighted by atomic mass is 16.5. The predicted molar refractivity (Wildman–Crippen MR) is 133 cm³/mol. The molecule has 1 aliphatic carbocycles. The maximum atomic E-state index is 11.9. The highest BCUT2D eigenvalue weighted by Crippen LogP contribution is 2.43. The number of esters is 1. The van der Waals surface area contributed by atoms with Crippen LogP contribution in [0, 0.1) is 0 Å². The molecular formula is C26H30N4O4. The quantitative estimate of drug-likeness (QED) is 0.239. The van der Waals surface area contributed by atoms with Crippen LogP contribution in [0.3, 0.4) is 0 Å². The number of hydrogen-bond acceptors (Lipinski definition) is 6. The number of fused-ring (bicyclic) bond motifs is 3. The van der Waals surface area contributed by atoms with E-state index in [1.165, 1.54) is 33.0 Å². The van der Waals surface area contributed by atoms with E-state index in [1.807, 2.05) is 24.3 Å². The Labute approximate surface area is 198 Å². The van der Waals surface area contributed by atoms with E-state index in [-0.39, 0.29) is 5.97 Å². The zero-order valence-electron chi connectivity index (χ0n) is 19.6. The van der Waals surface area contributed by atoms with Crippen molar-refractivity contribution in [3.63, 3.8) is 0 Å². The molecular weight excluding hydrogens is 432 g/mol. The number of rotatable bonds is 9. The summed E-state index contributed by atoms with van der Waals surface area (Å²) in [6.45, 7) is 4.14. The van der Waals surface area contributed by atoms with Gasteiger partial charge in [-0.15, -0.1) is 0 Å². The van der Waals surface area contributed by atoms with Crippen molar-refractivity contribution in [1.82, 2.24) is 15.1 Å². The molecule has 1 fully saturated rings. The van der Waals surface area contributed by atoms with Crippen LogP contribution in [-0.2, 0) is 4.74 Å². The Hall–Kier alpha value is -3.65. The van der Waals surface area contributed by atoms with Gasteiger partial charge in [0, 0.05) is 23.2 Å². The molecule has 5 rings (SSSR count). The minimum atomic E-state index is -0.369. The van der Waals surface area contributed by atoms with E-state index in [0.717, 1.165) is 58.0 Å². The molecule has 2 heterocycles. The molecule has 0 radical (unpaired) electrons. The number of hydrogen-bond donors (Lipinski definition) is 3. The summed E-state index contributed by atoms with van der Waals surface area (Å²) < 4.78 is 16.6. The lowest BCUT2D eigenvalue weighted by atomic mass is 10.2. The van der Waals surface area contributed by atoms with Crippen LogP contribution in [0.15, 0.2) is 42.5 Å². The van der Waals surface area contributed by atoms with Gasteiger partial charge in [-0.2, -0.15) is 0 Å². The molecule has 2 aliphatic heterocycles. The van der Waals surface area contributed by atoms with Gasteiger partial charge in [0.15, 0.2) is 11.5 Å². The number of nitrogens with one attached hydrogen (secondary N) is 3. The van der Waals surface area contributed by atoms with Crippen molar-refractivity contribution in [1.29, 1.82) is 0 Å². The van der Waals surface area contributed by atoms with Crippen LogP contribution in [0.25, 0.3) is 22.0 Å². The van der Waals surface area contributed by atoms with Crippen LogP contribution in [-0.4, -0.2) is 61.5 Å². The third-order valence-corrected chi connectivity index (χ3v) is 6.38. The molecule has 8 nitrogen and oxygen atoms in total. The fraction of sp³-hybridized carbons (Fsp3) is 0.346. The van der Waals surface area contributed by atoms with Crippen LogP contribution in [0.4, 0.5) is 11.5 Å². The summed E-state index contributed by atoms with van der Waals surface area (Å²) in [6, 6.07) is 13.4. The van der Waals surface area contributed by atoms with Crippen LogP contribution >= 0.6 is 0 Å².